The van der Waals surface area contributed by atoms with Crippen molar-refractivity contribution in [3.8, 4) is 44.9 Å². The van der Waals surface area contributed by atoms with Gasteiger partial charge in [-0.15, -0.1) is 11.3 Å². The summed E-state index contributed by atoms with van der Waals surface area (Å²) in [5.74, 6) is 0. The quantitative estimate of drug-likeness (QED) is 0.222. The molecule has 0 aliphatic carbocycles. The van der Waals surface area contributed by atoms with Gasteiger partial charge in [0.1, 0.15) is 0 Å². The first-order valence-corrected chi connectivity index (χ1v) is 14.1. The number of aromatic nitrogens is 5. The van der Waals surface area contributed by atoms with E-state index in [9.17, 15) is 0 Å². The van der Waals surface area contributed by atoms with E-state index >= 15 is 0 Å². The highest BCUT2D eigenvalue weighted by molar-refractivity contribution is 7.26. The lowest BCUT2D eigenvalue weighted by atomic mass is 9.97. The first-order chi connectivity index (χ1) is 20.3. The molecule has 0 N–H and O–H groups in total. The summed E-state index contributed by atoms with van der Waals surface area (Å²) in [5.41, 5.74) is 8.93. The van der Waals surface area contributed by atoms with Crippen LogP contribution in [0.2, 0.25) is 0 Å². The summed E-state index contributed by atoms with van der Waals surface area (Å²) < 4.78 is 2.44. The number of nitrogens with zero attached hydrogens (tertiary/aromatic N) is 5. The van der Waals surface area contributed by atoms with Crippen LogP contribution in [0.5, 0.6) is 0 Å². The molecule has 2 aromatic carbocycles. The summed E-state index contributed by atoms with van der Waals surface area (Å²) in [5, 5.41) is 3.62. The summed E-state index contributed by atoms with van der Waals surface area (Å²) in [4.78, 5) is 22.9. The molecule has 8 rings (SSSR count). The third-order valence-corrected chi connectivity index (χ3v) is 8.54. The topological polar surface area (TPSA) is 64.5 Å². The maximum Gasteiger partial charge on any atom is 0.0900 e. The molecular weight excluding hydrogens is 522 g/mol. The number of fused-ring (bicyclic) bond motifs is 5. The van der Waals surface area contributed by atoms with Crippen LogP contribution >= 0.6 is 11.3 Å². The molecule has 6 heteroatoms. The van der Waals surface area contributed by atoms with E-state index in [1.54, 1.807) is 36.1 Å². The van der Waals surface area contributed by atoms with Gasteiger partial charge in [-0.2, -0.15) is 0 Å². The highest BCUT2D eigenvalue weighted by Gasteiger charge is 2.17. The standard InChI is InChI=1S/C35H21N5S/c1-2-7-32-28(6-1)33-27-12-17-38-21-31(27)40-34(35(33)41-32)25-5-3-4-24(18-25)26-19-29(22-8-13-36-14-9-22)39-30(20-26)23-10-15-37-16-11-23/h1-21H. The first kappa shape index (κ1) is 23.5. The second-order valence-corrected chi connectivity index (χ2v) is 10.9. The lowest BCUT2D eigenvalue weighted by Gasteiger charge is -2.12. The van der Waals surface area contributed by atoms with Crippen molar-refractivity contribution < 1.29 is 0 Å². The Bertz CT molecular complexity index is 2150. The summed E-state index contributed by atoms with van der Waals surface area (Å²) in [6, 6.07) is 31.5. The van der Waals surface area contributed by atoms with E-state index in [-0.39, 0.29) is 0 Å². The molecule has 0 saturated carbocycles. The Hall–Kier alpha value is -5.33. The predicted octanol–water partition coefficient (Wildman–Crippen LogP) is 8.85. The largest absolute Gasteiger partial charge is 0.265 e. The normalized spacial score (nSPS) is 11.4. The van der Waals surface area contributed by atoms with Crippen LogP contribution in [0.25, 0.3) is 76.0 Å². The number of pyridine rings is 5. The van der Waals surface area contributed by atoms with E-state index in [0.29, 0.717) is 0 Å². The monoisotopic (exact) mass is 543 g/mol. The molecule has 0 spiro atoms. The van der Waals surface area contributed by atoms with Gasteiger partial charge < -0.3 is 0 Å². The minimum atomic E-state index is 0.893. The minimum Gasteiger partial charge on any atom is -0.265 e. The molecule has 6 aromatic heterocycles. The molecule has 6 heterocycles. The van der Waals surface area contributed by atoms with Gasteiger partial charge >= 0.3 is 0 Å². The van der Waals surface area contributed by atoms with Crippen LogP contribution in [-0.2, 0) is 0 Å². The van der Waals surface area contributed by atoms with Crippen LogP contribution in [0.1, 0.15) is 0 Å². The van der Waals surface area contributed by atoms with Crippen molar-refractivity contribution >= 4 is 42.4 Å². The van der Waals surface area contributed by atoms with Crippen molar-refractivity contribution in [1.82, 2.24) is 24.9 Å². The van der Waals surface area contributed by atoms with Gasteiger partial charge in [-0.25, -0.2) is 9.97 Å². The van der Waals surface area contributed by atoms with E-state index in [1.165, 1.54) is 20.2 Å². The van der Waals surface area contributed by atoms with Crippen LogP contribution in [0.4, 0.5) is 0 Å². The molecule has 0 fully saturated rings. The summed E-state index contributed by atoms with van der Waals surface area (Å²) in [6.45, 7) is 0. The number of thiophene rings is 1. The van der Waals surface area contributed by atoms with Gasteiger partial charge in [0.25, 0.3) is 0 Å². The molecule has 5 nitrogen and oxygen atoms in total. The van der Waals surface area contributed by atoms with Gasteiger partial charge in [0.15, 0.2) is 0 Å². The average molecular weight is 544 g/mol. The second-order valence-electron chi connectivity index (χ2n) is 9.83. The molecule has 0 radical (unpaired) electrons. The van der Waals surface area contributed by atoms with E-state index < -0.39 is 0 Å². The van der Waals surface area contributed by atoms with Gasteiger partial charge in [0.2, 0.25) is 0 Å². The van der Waals surface area contributed by atoms with Crippen LogP contribution in [0.15, 0.2) is 128 Å². The fraction of sp³-hybridized carbons (Fsp3) is 0. The maximum atomic E-state index is 5.16. The Kier molecular flexibility index (Phi) is 5.57. The summed E-state index contributed by atoms with van der Waals surface area (Å²) in [7, 11) is 0. The Morgan fingerprint density at radius 1 is 0.488 bits per heavy atom. The molecule has 0 amide bonds. The third-order valence-electron chi connectivity index (χ3n) is 7.36. The summed E-state index contributed by atoms with van der Waals surface area (Å²) in [6.07, 6.45) is 10.9. The van der Waals surface area contributed by atoms with Crippen LogP contribution in [-0.4, -0.2) is 24.9 Å². The van der Waals surface area contributed by atoms with E-state index in [4.69, 9.17) is 9.97 Å². The predicted molar refractivity (Wildman–Crippen MR) is 168 cm³/mol. The van der Waals surface area contributed by atoms with Crippen molar-refractivity contribution in [3.05, 3.63) is 128 Å². The first-order valence-electron chi connectivity index (χ1n) is 13.3. The minimum absolute atomic E-state index is 0.893. The highest BCUT2D eigenvalue weighted by Crippen LogP contribution is 2.43. The highest BCUT2D eigenvalue weighted by atomic mass is 32.1. The molecule has 192 valence electrons. The molecule has 0 unspecified atom stereocenters. The van der Waals surface area contributed by atoms with Gasteiger partial charge in [0, 0.05) is 68.5 Å². The molecule has 0 aliphatic rings. The smallest absolute Gasteiger partial charge is 0.0900 e. The Labute approximate surface area is 239 Å². The van der Waals surface area contributed by atoms with Crippen LogP contribution in [0.3, 0.4) is 0 Å². The van der Waals surface area contributed by atoms with E-state index in [2.05, 4.69) is 81.7 Å². The number of hydrogen-bond donors (Lipinski definition) is 0. The molecule has 0 atom stereocenters. The van der Waals surface area contributed by atoms with Crippen molar-refractivity contribution in [2.24, 2.45) is 0 Å². The summed E-state index contributed by atoms with van der Waals surface area (Å²) >= 11 is 1.79. The average Bonchev–Trinajstić information content (AvgIpc) is 3.45. The number of benzene rings is 2. The molecule has 0 aliphatic heterocycles. The van der Waals surface area contributed by atoms with Crippen LogP contribution in [0, 0.1) is 0 Å². The second kappa shape index (κ2) is 9.70. The van der Waals surface area contributed by atoms with Crippen molar-refractivity contribution in [2.75, 3.05) is 0 Å². The van der Waals surface area contributed by atoms with Gasteiger partial charge in [-0.3, -0.25) is 15.0 Å². The van der Waals surface area contributed by atoms with Gasteiger partial charge in [0.05, 0.1) is 33.5 Å². The van der Waals surface area contributed by atoms with E-state index in [1.807, 2.05) is 36.7 Å². The van der Waals surface area contributed by atoms with Crippen LogP contribution < -0.4 is 0 Å². The number of rotatable bonds is 4. The van der Waals surface area contributed by atoms with Crippen molar-refractivity contribution in [3.63, 3.8) is 0 Å². The molecular formula is C35H21N5S. The van der Waals surface area contributed by atoms with Crippen molar-refractivity contribution in [1.29, 1.82) is 0 Å². The lowest BCUT2D eigenvalue weighted by molar-refractivity contribution is 1.27. The zero-order valence-electron chi connectivity index (χ0n) is 21.8. The maximum absolute atomic E-state index is 5.16. The number of hydrogen-bond acceptors (Lipinski definition) is 6. The fourth-order valence-corrected chi connectivity index (χ4v) is 6.65. The molecule has 0 saturated heterocycles. The third kappa shape index (κ3) is 4.13. The lowest BCUT2D eigenvalue weighted by Crippen LogP contribution is -1.92. The van der Waals surface area contributed by atoms with Gasteiger partial charge in [-0.05, 0) is 65.7 Å². The van der Waals surface area contributed by atoms with Gasteiger partial charge in [-0.1, -0.05) is 36.4 Å². The Balaban J connectivity index is 1.35. The Morgan fingerprint density at radius 2 is 1.17 bits per heavy atom. The fourth-order valence-electron chi connectivity index (χ4n) is 5.42. The van der Waals surface area contributed by atoms with E-state index in [0.717, 1.165) is 55.8 Å². The zero-order valence-corrected chi connectivity index (χ0v) is 22.6. The molecule has 0 bridgehead atoms. The van der Waals surface area contributed by atoms with Crippen molar-refractivity contribution in [2.45, 2.75) is 0 Å². The zero-order chi connectivity index (χ0) is 27.2. The SMILES string of the molecule is c1cc(-c2cc(-c3ccncc3)nc(-c3ccncc3)c2)cc(-c2nc3cnccc3c3c2sc2ccccc23)c1. The Morgan fingerprint density at radius 3 is 1.93 bits per heavy atom. The molecule has 41 heavy (non-hydrogen) atoms. The molecule has 8 aromatic rings.